The van der Waals surface area contributed by atoms with Gasteiger partial charge in [-0.3, -0.25) is 9.89 Å². The lowest BCUT2D eigenvalue weighted by molar-refractivity contribution is 0.252. The van der Waals surface area contributed by atoms with Crippen molar-refractivity contribution in [2.24, 2.45) is 10.7 Å². The predicted molar refractivity (Wildman–Crippen MR) is 106 cm³/mol. The van der Waals surface area contributed by atoms with Gasteiger partial charge in [-0.2, -0.15) is 0 Å². The van der Waals surface area contributed by atoms with E-state index in [4.69, 9.17) is 5.73 Å². The van der Waals surface area contributed by atoms with Gasteiger partial charge in [0.2, 0.25) is 0 Å². The van der Waals surface area contributed by atoms with Gasteiger partial charge in [-0.25, -0.2) is 0 Å². The molecular formula is C21H28N4. The molecule has 2 aromatic rings. The van der Waals surface area contributed by atoms with Crippen LogP contribution in [-0.4, -0.2) is 30.5 Å². The van der Waals surface area contributed by atoms with Gasteiger partial charge in [0.05, 0.1) is 12.6 Å². The first-order chi connectivity index (χ1) is 12.3. The van der Waals surface area contributed by atoms with Crippen LogP contribution in [0.25, 0.3) is 0 Å². The molecule has 0 saturated carbocycles. The number of aryl methyl sites for hydroxylation is 1. The first kappa shape index (κ1) is 17.5. The van der Waals surface area contributed by atoms with Gasteiger partial charge in [0, 0.05) is 5.69 Å². The zero-order chi connectivity index (χ0) is 17.5. The van der Waals surface area contributed by atoms with E-state index in [1.54, 1.807) is 0 Å². The van der Waals surface area contributed by atoms with Crippen molar-refractivity contribution >= 4 is 11.6 Å². The molecule has 0 amide bonds. The number of anilines is 1. The number of rotatable bonds is 6. The molecule has 0 spiro atoms. The molecule has 0 aromatic heterocycles. The fourth-order valence-corrected chi connectivity index (χ4v) is 3.40. The molecule has 0 bridgehead atoms. The Morgan fingerprint density at radius 2 is 1.88 bits per heavy atom. The third-order valence-electron chi connectivity index (χ3n) is 4.81. The van der Waals surface area contributed by atoms with Crippen LogP contribution in [0, 0.1) is 0 Å². The number of aliphatic imine (C=N–C) groups is 1. The number of nitrogens with two attached hydrogens (primary N) is 1. The topological polar surface area (TPSA) is 53.6 Å². The maximum Gasteiger partial charge on any atom is 0.193 e. The molecule has 1 unspecified atom stereocenters. The van der Waals surface area contributed by atoms with Gasteiger partial charge in [-0.05, 0) is 55.6 Å². The minimum Gasteiger partial charge on any atom is -0.370 e. The Bertz CT molecular complexity index is 690. The molecule has 0 aliphatic carbocycles. The molecule has 25 heavy (non-hydrogen) atoms. The highest BCUT2D eigenvalue weighted by atomic mass is 15.2. The SMILES string of the molecule is CCc1cccc(NC(N)=NCC(c2ccccc2)N2CCCC2)c1. The average molecular weight is 336 g/mol. The van der Waals surface area contributed by atoms with Crippen molar-refractivity contribution in [3.05, 3.63) is 65.7 Å². The highest BCUT2D eigenvalue weighted by Crippen LogP contribution is 2.25. The number of likely N-dealkylation sites (tertiary alicyclic amines) is 1. The summed E-state index contributed by atoms with van der Waals surface area (Å²) < 4.78 is 0. The molecule has 132 valence electrons. The summed E-state index contributed by atoms with van der Waals surface area (Å²) in [4.78, 5) is 7.16. The first-order valence-electron chi connectivity index (χ1n) is 9.21. The fourth-order valence-electron chi connectivity index (χ4n) is 3.40. The molecule has 1 fully saturated rings. The minimum absolute atomic E-state index is 0.297. The highest BCUT2D eigenvalue weighted by Gasteiger charge is 2.23. The summed E-state index contributed by atoms with van der Waals surface area (Å²) in [6.07, 6.45) is 3.55. The summed E-state index contributed by atoms with van der Waals surface area (Å²) in [7, 11) is 0. The summed E-state index contributed by atoms with van der Waals surface area (Å²) in [6, 6.07) is 19.2. The van der Waals surface area contributed by atoms with Crippen LogP contribution in [0.3, 0.4) is 0 Å². The minimum atomic E-state index is 0.297. The summed E-state index contributed by atoms with van der Waals surface area (Å²) in [6.45, 7) is 5.11. The van der Waals surface area contributed by atoms with Crippen molar-refractivity contribution < 1.29 is 0 Å². The van der Waals surface area contributed by atoms with Crippen LogP contribution in [0.4, 0.5) is 5.69 Å². The van der Waals surface area contributed by atoms with Crippen molar-refractivity contribution in [1.82, 2.24) is 4.90 Å². The van der Waals surface area contributed by atoms with Crippen LogP contribution in [0.2, 0.25) is 0 Å². The van der Waals surface area contributed by atoms with Crippen molar-refractivity contribution in [3.8, 4) is 0 Å². The van der Waals surface area contributed by atoms with Gasteiger partial charge >= 0.3 is 0 Å². The van der Waals surface area contributed by atoms with Crippen molar-refractivity contribution in [1.29, 1.82) is 0 Å². The molecule has 2 aromatic carbocycles. The van der Waals surface area contributed by atoms with Crippen molar-refractivity contribution in [2.45, 2.75) is 32.2 Å². The molecule has 3 N–H and O–H groups in total. The molecule has 4 heteroatoms. The zero-order valence-electron chi connectivity index (χ0n) is 15.0. The Labute approximate surface area is 150 Å². The Morgan fingerprint density at radius 3 is 2.60 bits per heavy atom. The lowest BCUT2D eigenvalue weighted by Crippen LogP contribution is -2.30. The molecule has 1 aliphatic heterocycles. The number of nitrogens with zero attached hydrogens (tertiary/aromatic N) is 2. The second-order valence-electron chi connectivity index (χ2n) is 6.57. The Hall–Kier alpha value is -2.33. The lowest BCUT2D eigenvalue weighted by Gasteiger charge is -2.26. The molecular weight excluding hydrogens is 308 g/mol. The number of nitrogens with one attached hydrogen (secondary N) is 1. The van der Waals surface area contributed by atoms with Gasteiger partial charge in [-0.1, -0.05) is 49.4 Å². The second-order valence-corrected chi connectivity index (χ2v) is 6.57. The largest absolute Gasteiger partial charge is 0.370 e. The monoisotopic (exact) mass is 336 g/mol. The summed E-state index contributed by atoms with van der Waals surface area (Å²) >= 11 is 0. The standard InChI is InChI=1S/C21H28N4/c1-2-17-9-8-12-19(15-17)24-21(22)23-16-20(25-13-6-7-14-25)18-10-4-3-5-11-18/h3-5,8-12,15,20H,2,6-7,13-14,16H2,1H3,(H3,22,23,24). The van der Waals surface area contributed by atoms with E-state index in [0.29, 0.717) is 18.5 Å². The van der Waals surface area contributed by atoms with Crippen LogP contribution in [-0.2, 0) is 6.42 Å². The third kappa shape index (κ3) is 4.83. The summed E-state index contributed by atoms with van der Waals surface area (Å²) in [5.41, 5.74) is 9.74. The van der Waals surface area contributed by atoms with E-state index in [2.05, 4.69) is 64.6 Å². The predicted octanol–water partition coefficient (Wildman–Crippen LogP) is 3.81. The molecule has 4 nitrogen and oxygen atoms in total. The molecule has 1 atom stereocenters. The van der Waals surface area contributed by atoms with E-state index >= 15 is 0 Å². The number of hydrogen-bond acceptors (Lipinski definition) is 2. The van der Waals surface area contributed by atoms with Gasteiger partial charge < -0.3 is 11.1 Å². The van der Waals surface area contributed by atoms with E-state index in [-0.39, 0.29) is 0 Å². The van der Waals surface area contributed by atoms with E-state index < -0.39 is 0 Å². The van der Waals surface area contributed by atoms with Crippen molar-refractivity contribution in [3.63, 3.8) is 0 Å². The summed E-state index contributed by atoms with van der Waals surface area (Å²) in [5, 5.41) is 3.22. The maximum atomic E-state index is 6.14. The number of hydrogen-bond donors (Lipinski definition) is 2. The zero-order valence-corrected chi connectivity index (χ0v) is 15.0. The smallest absolute Gasteiger partial charge is 0.193 e. The Balaban J connectivity index is 1.69. The van der Waals surface area contributed by atoms with Crippen molar-refractivity contribution in [2.75, 3.05) is 25.0 Å². The third-order valence-corrected chi connectivity index (χ3v) is 4.81. The highest BCUT2D eigenvalue weighted by molar-refractivity contribution is 5.92. The second kappa shape index (κ2) is 8.67. The van der Waals surface area contributed by atoms with Crippen LogP contribution in [0.1, 0.15) is 36.9 Å². The van der Waals surface area contributed by atoms with Crippen LogP contribution >= 0.6 is 0 Å². The molecule has 1 saturated heterocycles. The molecule has 1 heterocycles. The normalized spacial score (nSPS) is 16.8. The van der Waals surface area contributed by atoms with E-state index in [1.165, 1.54) is 24.0 Å². The summed E-state index contributed by atoms with van der Waals surface area (Å²) in [5.74, 6) is 0.480. The Kier molecular flexibility index (Phi) is 6.07. The average Bonchev–Trinajstić information content (AvgIpc) is 3.17. The molecule has 1 aliphatic rings. The maximum absolute atomic E-state index is 6.14. The van der Waals surface area contributed by atoms with Gasteiger partial charge in [0.15, 0.2) is 5.96 Å². The van der Waals surface area contributed by atoms with Gasteiger partial charge in [-0.15, -0.1) is 0 Å². The quantitative estimate of drug-likeness (QED) is 0.623. The van der Waals surface area contributed by atoms with Gasteiger partial charge in [0.1, 0.15) is 0 Å². The molecule has 0 radical (unpaired) electrons. The number of benzene rings is 2. The van der Waals surface area contributed by atoms with Crippen LogP contribution in [0.15, 0.2) is 59.6 Å². The van der Waals surface area contributed by atoms with Crippen LogP contribution in [0.5, 0.6) is 0 Å². The fraction of sp³-hybridized carbons (Fsp3) is 0.381. The first-order valence-corrected chi connectivity index (χ1v) is 9.21. The van der Waals surface area contributed by atoms with E-state index in [0.717, 1.165) is 25.2 Å². The lowest BCUT2D eigenvalue weighted by atomic mass is 10.1. The molecule has 3 rings (SSSR count). The van der Waals surface area contributed by atoms with E-state index in [1.807, 2.05) is 12.1 Å². The Morgan fingerprint density at radius 1 is 1.12 bits per heavy atom. The van der Waals surface area contributed by atoms with Gasteiger partial charge in [0.25, 0.3) is 0 Å². The van der Waals surface area contributed by atoms with Crippen LogP contribution < -0.4 is 11.1 Å². The van der Waals surface area contributed by atoms with E-state index in [9.17, 15) is 0 Å². The number of guanidine groups is 1.